The highest BCUT2D eigenvalue weighted by molar-refractivity contribution is 8.00. The summed E-state index contributed by atoms with van der Waals surface area (Å²) < 4.78 is 0. The Morgan fingerprint density at radius 1 is 1.50 bits per heavy atom. The standard InChI is InChI=1S/C9H18O2S/c1-4-7(2)9(11)6-12-8(3)5-10/h7-8,10H,4-6H2,1-3H3. The van der Waals surface area contributed by atoms with E-state index < -0.39 is 0 Å². The number of thioether (sulfide) groups is 1. The molecule has 0 rings (SSSR count). The molecule has 0 bridgehead atoms. The molecule has 0 heterocycles. The van der Waals surface area contributed by atoms with E-state index in [-0.39, 0.29) is 17.8 Å². The van der Waals surface area contributed by atoms with E-state index in [4.69, 9.17) is 5.11 Å². The second kappa shape index (κ2) is 6.49. The Bertz CT molecular complexity index is 136. The van der Waals surface area contributed by atoms with Gasteiger partial charge in [0.15, 0.2) is 0 Å². The summed E-state index contributed by atoms with van der Waals surface area (Å²) in [5.74, 6) is 1.00. The maximum Gasteiger partial charge on any atom is 0.145 e. The minimum atomic E-state index is 0.151. The Morgan fingerprint density at radius 2 is 2.08 bits per heavy atom. The molecule has 0 fully saturated rings. The van der Waals surface area contributed by atoms with E-state index >= 15 is 0 Å². The van der Waals surface area contributed by atoms with E-state index in [1.807, 2.05) is 20.8 Å². The van der Waals surface area contributed by atoms with Crippen molar-refractivity contribution in [3.8, 4) is 0 Å². The number of hydrogen-bond acceptors (Lipinski definition) is 3. The zero-order valence-corrected chi connectivity index (χ0v) is 8.86. The number of Topliss-reactive ketones (excluding diaryl/α,β-unsaturated/α-hetero) is 1. The average Bonchev–Trinajstić information content (AvgIpc) is 2.11. The number of carbonyl (C=O) groups excluding carboxylic acids is 1. The molecule has 2 atom stereocenters. The summed E-state index contributed by atoms with van der Waals surface area (Å²) >= 11 is 1.53. The summed E-state index contributed by atoms with van der Waals surface area (Å²) in [7, 11) is 0. The molecular formula is C9H18O2S. The van der Waals surface area contributed by atoms with Crippen LogP contribution in [0.25, 0.3) is 0 Å². The first kappa shape index (κ1) is 12.0. The molecule has 0 saturated heterocycles. The van der Waals surface area contributed by atoms with Crippen LogP contribution in [-0.4, -0.2) is 28.5 Å². The van der Waals surface area contributed by atoms with Crippen LogP contribution in [0.4, 0.5) is 0 Å². The third-order valence-electron chi connectivity index (χ3n) is 1.93. The fourth-order valence-electron chi connectivity index (χ4n) is 0.647. The molecule has 0 aromatic heterocycles. The molecule has 0 aromatic carbocycles. The Kier molecular flexibility index (Phi) is 6.48. The van der Waals surface area contributed by atoms with Gasteiger partial charge in [0, 0.05) is 11.2 Å². The van der Waals surface area contributed by atoms with E-state index in [0.29, 0.717) is 11.5 Å². The molecule has 1 N–H and O–H groups in total. The Balaban J connectivity index is 3.56. The van der Waals surface area contributed by atoms with Crippen LogP contribution in [0.1, 0.15) is 27.2 Å². The van der Waals surface area contributed by atoms with Crippen LogP contribution in [0.15, 0.2) is 0 Å². The first-order valence-corrected chi connectivity index (χ1v) is 5.41. The lowest BCUT2D eigenvalue weighted by Gasteiger charge is -2.09. The van der Waals surface area contributed by atoms with E-state index in [1.165, 1.54) is 11.8 Å². The van der Waals surface area contributed by atoms with Gasteiger partial charge in [-0.15, -0.1) is 11.8 Å². The normalized spacial score (nSPS) is 15.7. The van der Waals surface area contributed by atoms with Crippen LogP contribution in [0.3, 0.4) is 0 Å². The maximum absolute atomic E-state index is 11.3. The molecule has 2 unspecified atom stereocenters. The van der Waals surface area contributed by atoms with Crippen LogP contribution in [0, 0.1) is 5.92 Å². The first-order valence-electron chi connectivity index (χ1n) is 4.37. The van der Waals surface area contributed by atoms with Gasteiger partial charge in [-0.2, -0.15) is 0 Å². The number of aliphatic hydroxyl groups is 1. The highest BCUT2D eigenvalue weighted by Gasteiger charge is 2.11. The van der Waals surface area contributed by atoms with Gasteiger partial charge in [-0.3, -0.25) is 4.79 Å². The minimum absolute atomic E-state index is 0.151. The number of carbonyl (C=O) groups is 1. The molecule has 0 spiro atoms. The van der Waals surface area contributed by atoms with Gasteiger partial charge in [0.05, 0.1) is 12.4 Å². The third kappa shape index (κ3) is 4.78. The van der Waals surface area contributed by atoms with Crippen molar-refractivity contribution in [2.45, 2.75) is 32.4 Å². The molecule has 2 nitrogen and oxygen atoms in total. The van der Waals surface area contributed by atoms with Crippen molar-refractivity contribution in [3.63, 3.8) is 0 Å². The third-order valence-corrected chi connectivity index (χ3v) is 3.10. The summed E-state index contributed by atoms with van der Waals surface area (Å²) in [6, 6.07) is 0. The molecule has 12 heavy (non-hydrogen) atoms. The van der Waals surface area contributed by atoms with E-state index in [0.717, 1.165) is 6.42 Å². The van der Waals surface area contributed by atoms with Crippen molar-refractivity contribution < 1.29 is 9.90 Å². The van der Waals surface area contributed by atoms with Gasteiger partial charge in [-0.05, 0) is 6.42 Å². The molecule has 0 saturated carbocycles. The van der Waals surface area contributed by atoms with E-state index in [1.54, 1.807) is 0 Å². The number of ketones is 1. The maximum atomic E-state index is 11.3. The second-order valence-electron chi connectivity index (χ2n) is 3.08. The van der Waals surface area contributed by atoms with Crippen molar-refractivity contribution in [3.05, 3.63) is 0 Å². The number of aliphatic hydroxyl groups excluding tert-OH is 1. The van der Waals surface area contributed by atoms with Gasteiger partial charge in [0.2, 0.25) is 0 Å². The van der Waals surface area contributed by atoms with Crippen molar-refractivity contribution in [1.29, 1.82) is 0 Å². The molecule has 72 valence electrons. The second-order valence-corrected chi connectivity index (χ2v) is 4.51. The highest BCUT2D eigenvalue weighted by Crippen LogP contribution is 2.13. The lowest BCUT2D eigenvalue weighted by molar-refractivity contribution is -0.119. The van der Waals surface area contributed by atoms with Gasteiger partial charge in [-0.25, -0.2) is 0 Å². The molecular weight excluding hydrogens is 172 g/mol. The van der Waals surface area contributed by atoms with Crippen LogP contribution >= 0.6 is 11.8 Å². The summed E-state index contributed by atoms with van der Waals surface area (Å²) in [4.78, 5) is 11.3. The zero-order valence-electron chi connectivity index (χ0n) is 8.04. The molecule has 0 aliphatic rings. The van der Waals surface area contributed by atoms with Gasteiger partial charge in [0.1, 0.15) is 5.78 Å². The zero-order chi connectivity index (χ0) is 9.56. The lowest BCUT2D eigenvalue weighted by atomic mass is 10.1. The monoisotopic (exact) mass is 190 g/mol. The van der Waals surface area contributed by atoms with Crippen LogP contribution in [0.5, 0.6) is 0 Å². The fraction of sp³-hybridized carbons (Fsp3) is 0.889. The van der Waals surface area contributed by atoms with Crippen molar-refractivity contribution >= 4 is 17.5 Å². The highest BCUT2D eigenvalue weighted by atomic mass is 32.2. The van der Waals surface area contributed by atoms with Gasteiger partial charge >= 0.3 is 0 Å². The summed E-state index contributed by atoms with van der Waals surface area (Å²) in [6.07, 6.45) is 0.910. The molecule has 0 amide bonds. The molecule has 0 aliphatic carbocycles. The van der Waals surface area contributed by atoms with Crippen LogP contribution in [-0.2, 0) is 4.79 Å². The van der Waals surface area contributed by atoms with E-state index in [9.17, 15) is 4.79 Å². The SMILES string of the molecule is CCC(C)C(=O)CSC(C)CO. The summed E-state index contributed by atoms with van der Waals surface area (Å²) in [5.41, 5.74) is 0. The summed E-state index contributed by atoms with van der Waals surface area (Å²) in [6.45, 7) is 6.04. The molecule has 3 heteroatoms. The summed E-state index contributed by atoms with van der Waals surface area (Å²) in [5, 5.41) is 8.89. The quantitative estimate of drug-likeness (QED) is 0.693. The van der Waals surface area contributed by atoms with Crippen LogP contribution < -0.4 is 0 Å². The van der Waals surface area contributed by atoms with E-state index in [2.05, 4.69) is 0 Å². The van der Waals surface area contributed by atoms with Gasteiger partial charge in [-0.1, -0.05) is 20.8 Å². The minimum Gasteiger partial charge on any atom is -0.395 e. The van der Waals surface area contributed by atoms with Crippen molar-refractivity contribution in [1.82, 2.24) is 0 Å². The van der Waals surface area contributed by atoms with Gasteiger partial charge in [0.25, 0.3) is 0 Å². The number of hydrogen-bond donors (Lipinski definition) is 1. The number of rotatable bonds is 6. The first-order chi connectivity index (χ1) is 5.61. The van der Waals surface area contributed by atoms with Gasteiger partial charge < -0.3 is 5.11 Å². The largest absolute Gasteiger partial charge is 0.395 e. The predicted octanol–water partition coefficient (Wildman–Crippen LogP) is 1.72. The predicted molar refractivity (Wildman–Crippen MR) is 53.5 cm³/mol. The Hall–Kier alpha value is -0.0200. The molecule has 0 aliphatic heterocycles. The topological polar surface area (TPSA) is 37.3 Å². The Labute approximate surface area is 78.7 Å². The van der Waals surface area contributed by atoms with Crippen molar-refractivity contribution in [2.75, 3.05) is 12.4 Å². The average molecular weight is 190 g/mol. The lowest BCUT2D eigenvalue weighted by Crippen LogP contribution is -2.15. The van der Waals surface area contributed by atoms with Crippen molar-refractivity contribution in [2.24, 2.45) is 5.92 Å². The molecule has 0 aromatic rings. The smallest absolute Gasteiger partial charge is 0.145 e. The molecule has 0 radical (unpaired) electrons. The van der Waals surface area contributed by atoms with Crippen LogP contribution in [0.2, 0.25) is 0 Å². The fourth-order valence-corrected chi connectivity index (χ4v) is 1.49. The Morgan fingerprint density at radius 3 is 2.50 bits per heavy atom.